The second kappa shape index (κ2) is 13.1. The average Bonchev–Trinajstić information content (AvgIpc) is 3.42. The molecule has 1 aromatic heterocycles. The Kier molecular flexibility index (Phi) is 10.1. The maximum Gasteiger partial charge on any atom is 0.243 e. The van der Waals surface area contributed by atoms with E-state index in [1.807, 2.05) is 56.5 Å². The molecule has 0 bridgehead atoms. The Hall–Kier alpha value is -2.88. The third-order valence-electron chi connectivity index (χ3n) is 6.40. The highest BCUT2D eigenvalue weighted by Gasteiger charge is 2.32. The second-order valence-electron chi connectivity index (χ2n) is 8.95. The van der Waals surface area contributed by atoms with Crippen LogP contribution in [0.2, 0.25) is 0 Å². The van der Waals surface area contributed by atoms with Gasteiger partial charge in [0.05, 0.1) is 32.2 Å². The summed E-state index contributed by atoms with van der Waals surface area (Å²) in [6.45, 7) is 6.31. The van der Waals surface area contributed by atoms with E-state index in [0.29, 0.717) is 37.4 Å². The fourth-order valence-corrected chi connectivity index (χ4v) is 6.32. The summed E-state index contributed by atoms with van der Waals surface area (Å²) in [7, 11) is -0.666. The van der Waals surface area contributed by atoms with E-state index < -0.39 is 10.0 Å². The van der Waals surface area contributed by atoms with Crippen LogP contribution in [0.5, 0.6) is 11.5 Å². The van der Waals surface area contributed by atoms with Crippen molar-refractivity contribution < 1.29 is 22.7 Å². The fourth-order valence-electron chi connectivity index (χ4n) is 3.94. The molecular formula is C28H36N2O5S2. The summed E-state index contributed by atoms with van der Waals surface area (Å²) < 4.78 is 39.2. The molecule has 37 heavy (non-hydrogen) atoms. The molecule has 1 unspecified atom stereocenters. The molecule has 9 heteroatoms. The maximum absolute atomic E-state index is 13.7. The summed E-state index contributed by atoms with van der Waals surface area (Å²) in [6, 6.07) is 16.0. The standard InChI is InChI=1S/C28H36N2O5S2/c1-6-22(3)30(37(32,33)25-12-9-21(2)10-13-25)20-28(31)29(19-24-8-7-17-36-24)16-15-23-11-14-26(34-4)27(18-23)35-5/h7-14,17-18,22H,6,15-16,19-20H2,1-5H3. The molecule has 0 saturated heterocycles. The first kappa shape index (κ1) is 28.7. The lowest BCUT2D eigenvalue weighted by Crippen LogP contribution is -2.46. The Labute approximate surface area is 224 Å². The van der Waals surface area contributed by atoms with Crippen LogP contribution in [0.4, 0.5) is 0 Å². The molecule has 1 heterocycles. The predicted octanol–water partition coefficient (Wildman–Crippen LogP) is 5.13. The minimum Gasteiger partial charge on any atom is -0.493 e. The Bertz CT molecular complexity index is 1260. The number of sulfonamides is 1. The lowest BCUT2D eigenvalue weighted by atomic mass is 10.1. The number of amides is 1. The van der Waals surface area contributed by atoms with Crippen molar-refractivity contribution in [3.63, 3.8) is 0 Å². The van der Waals surface area contributed by atoms with Crippen molar-refractivity contribution in [2.75, 3.05) is 27.3 Å². The molecule has 0 aliphatic rings. The Morgan fingerprint density at radius 3 is 2.32 bits per heavy atom. The van der Waals surface area contributed by atoms with E-state index in [0.717, 1.165) is 16.0 Å². The summed E-state index contributed by atoms with van der Waals surface area (Å²) in [5.41, 5.74) is 1.97. The summed E-state index contributed by atoms with van der Waals surface area (Å²) in [5.74, 6) is 1.04. The zero-order valence-electron chi connectivity index (χ0n) is 22.1. The highest BCUT2D eigenvalue weighted by atomic mass is 32.2. The molecule has 0 fully saturated rings. The molecule has 1 atom stereocenters. The van der Waals surface area contributed by atoms with Crippen LogP contribution >= 0.6 is 11.3 Å². The highest BCUT2D eigenvalue weighted by molar-refractivity contribution is 7.89. The van der Waals surface area contributed by atoms with Gasteiger partial charge in [0.25, 0.3) is 0 Å². The van der Waals surface area contributed by atoms with Crippen molar-refractivity contribution in [1.82, 2.24) is 9.21 Å². The molecule has 7 nitrogen and oxygen atoms in total. The van der Waals surface area contributed by atoms with Crippen molar-refractivity contribution >= 4 is 27.3 Å². The zero-order valence-corrected chi connectivity index (χ0v) is 23.8. The minimum absolute atomic E-state index is 0.196. The number of hydrogen-bond acceptors (Lipinski definition) is 6. The summed E-state index contributed by atoms with van der Waals surface area (Å²) in [5, 5.41) is 1.97. The minimum atomic E-state index is -3.85. The third-order valence-corrected chi connectivity index (χ3v) is 9.23. The van der Waals surface area contributed by atoms with Gasteiger partial charge >= 0.3 is 0 Å². The molecule has 0 spiro atoms. The van der Waals surface area contributed by atoms with Crippen molar-refractivity contribution in [3.05, 3.63) is 76.0 Å². The van der Waals surface area contributed by atoms with E-state index in [1.165, 1.54) is 4.31 Å². The van der Waals surface area contributed by atoms with Crippen LogP contribution in [0.15, 0.2) is 64.9 Å². The summed E-state index contributed by atoms with van der Waals surface area (Å²) >= 11 is 1.57. The fraction of sp³-hybridized carbons (Fsp3) is 0.393. The van der Waals surface area contributed by atoms with E-state index >= 15 is 0 Å². The van der Waals surface area contributed by atoms with E-state index in [9.17, 15) is 13.2 Å². The predicted molar refractivity (Wildman–Crippen MR) is 148 cm³/mol. The number of nitrogens with zero attached hydrogens (tertiary/aromatic N) is 2. The van der Waals surface area contributed by atoms with Crippen LogP contribution in [0, 0.1) is 6.92 Å². The quantitative estimate of drug-likeness (QED) is 0.298. The highest BCUT2D eigenvalue weighted by Crippen LogP contribution is 2.28. The van der Waals surface area contributed by atoms with Gasteiger partial charge in [-0.3, -0.25) is 4.79 Å². The Morgan fingerprint density at radius 1 is 1.03 bits per heavy atom. The van der Waals surface area contributed by atoms with Gasteiger partial charge in [-0.05, 0) is 68.0 Å². The SMILES string of the molecule is CCC(C)N(CC(=O)N(CCc1ccc(OC)c(OC)c1)Cc1cccs1)S(=O)(=O)c1ccc(C)cc1. The smallest absolute Gasteiger partial charge is 0.243 e. The molecule has 2 aromatic carbocycles. The third kappa shape index (κ3) is 7.34. The van der Waals surface area contributed by atoms with Gasteiger partial charge in [0.1, 0.15) is 0 Å². The largest absolute Gasteiger partial charge is 0.493 e. The number of carbonyl (C=O) groups excluding carboxylic acids is 1. The summed E-state index contributed by atoms with van der Waals surface area (Å²) in [6.07, 6.45) is 1.18. The van der Waals surface area contributed by atoms with Crippen LogP contribution in [0.3, 0.4) is 0 Å². The van der Waals surface area contributed by atoms with Gasteiger partial charge in [0.15, 0.2) is 11.5 Å². The van der Waals surface area contributed by atoms with Crippen molar-refractivity contribution in [2.45, 2.75) is 51.1 Å². The number of aryl methyl sites for hydroxylation is 1. The van der Waals surface area contributed by atoms with E-state index in [-0.39, 0.29) is 23.4 Å². The number of hydrogen-bond donors (Lipinski definition) is 0. The summed E-state index contributed by atoms with van der Waals surface area (Å²) in [4.78, 5) is 16.6. The van der Waals surface area contributed by atoms with Crippen LogP contribution in [-0.2, 0) is 27.8 Å². The molecule has 3 aromatic rings. The number of ether oxygens (including phenoxy) is 2. The molecule has 200 valence electrons. The van der Waals surface area contributed by atoms with Gasteiger partial charge in [0, 0.05) is 17.5 Å². The first-order valence-electron chi connectivity index (χ1n) is 12.3. The number of thiophene rings is 1. The second-order valence-corrected chi connectivity index (χ2v) is 11.9. The van der Waals surface area contributed by atoms with Gasteiger partial charge in [-0.25, -0.2) is 8.42 Å². The van der Waals surface area contributed by atoms with E-state index in [4.69, 9.17) is 9.47 Å². The van der Waals surface area contributed by atoms with Crippen molar-refractivity contribution in [1.29, 1.82) is 0 Å². The Morgan fingerprint density at radius 2 is 1.73 bits per heavy atom. The van der Waals surface area contributed by atoms with Crippen molar-refractivity contribution in [3.8, 4) is 11.5 Å². The zero-order chi connectivity index (χ0) is 27.0. The first-order chi connectivity index (χ1) is 17.7. The lowest BCUT2D eigenvalue weighted by molar-refractivity contribution is -0.132. The molecule has 0 radical (unpaired) electrons. The van der Waals surface area contributed by atoms with Gasteiger partial charge in [-0.15, -0.1) is 11.3 Å². The van der Waals surface area contributed by atoms with E-state index in [2.05, 4.69) is 0 Å². The van der Waals surface area contributed by atoms with Crippen molar-refractivity contribution in [2.24, 2.45) is 0 Å². The van der Waals surface area contributed by atoms with Gasteiger partial charge in [0.2, 0.25) is 15.9 Å². The van der Waals surface area contributed by atoms with Crippen LogP contribution in [0.25, 0.3) is 0 Å². The number of rotatable bonds is 13. The molecule has 0 aliphatic carbocycles. The molecule has 0 saturated carbocycles. The molecular weight excluding hydrogens is 508 g/mol. The first-order valence-corrected chi connectivity index (χ1v) is 14.6. The maximum atomic E-state index is 13.7. The lowest BCUT2D eigenvalue weighted by Gasteiger charge is -2.30. The number of benzene rings is 2. The van der Waals surface area contributed by atoms with E-state index in [1.54, 1.807) is 54.7 Å². The number of carbonyl (C=O) groups is 1. The van der Waals surface area contributed by atoms with Crippen LogP contribution in [-0.4, -0.2) is 56.9 Å². The topological polar surface area (TPSA) is 76.2 Å². The van der Waals surface area contributed by atoms with Gasteiger partial charge in [-0.2, -0.15) is 4.31 Å². The molecule has 1 amide bonds. The van der Waals surface area contributed by atoms with Crippen LogP contribution in [0.1, 0.15) is 36.3 Å². The average molecular weight is 545 g/mol. The van der Waals surface area contributed by atoms with Gasteiger partial charge in [-0.1, -0.05) is 36.8 Å². The molecule has 0 aliphatic heterocycles. The molecule has 3 rings (SSSR count). The number of methoxy groups -OCH3 is 2. The normalized spacial score (nSPS) is 12.4. The molecule has 0 N–H and O–H groups in total. The Balaban J connectivity index is 1.84. The monoisotopic (exact) mass is 544 g/mol. The van der Waals surface area contributed by atoms with Gasteiger partial charge < -0.3 is 14.4 Å². The van der Waals surface area contributed by atoms with Crippen LogP contribution < -0.4 is 9.47 Å².